The maximum Gasteiger partial charge on any atom is 0.134 e. The monoisotopic (exact) mass is 154 g/mol. The predicted octanol–water partition coefficient (Wildman–Crippen LogP) is 1.46. The molecule has 0 N–H and O–H groups in total. The highest BCUT2D eigenvalue weighted by Gasteiger charge is 1.76. The molecule has 0 amide bonds. The third kappa shape index (κ3) is 286. The summed E-state index contributed by atoms with van der Waals surface area (Å²) >= 11 is 5.41. The second-order valence-corrected chi connectivity index (χ2v) is 7.78. The van der Waals surface area contributed by atoms with E-state index in [0.29, 0.717) is 9.52 Å². The zero-order valence-electron chi connectivity index (χ0n) is 5.66. The predicted molar refractivity (Wildman–Crippen MR) is 45.0 cm³/mol. The minimum absolute atomic E-state index is 0.417. The molecule has 3 heteroatoms. The molecule has 0 atom stereocenters. The Hall–Kier alpha value is 0.724. The van der Waals surface area contributed by atoms with E-state index in [1.165, 1.54) is 0 Å². The zero-order valence-corrected chi connectivity index (χ0v) is 8.99. The molecule has 0 radical (unpaired) electrons. The van der Waals surface area contributed by atoms with E-state index in [1.807, 2.05) is 0 Å². The van der Waals surface area contributed by atoms with Crippen LogP contribution in [-0.4, -0.2) is 17.6 Å². The Kier molecular flexibility index (Phi) is 15.0. The van der Waals surface area contributed by atoms with Crippen LogP contribution in [0.3, 0.4) is 0 Å². The molecule has 0 unspecified atom stereocenters. The molecule has 0 nitrogen and oxygen atoms in total. The van der Waals surface area contributed by atoms with Crippen molar-refractivity contribution >= 4 is 28.7 Å². The van der Waals surface area contributed by atoms with Gasteiger partial charge < -0.3 is 0 Å². The molecule has 0 bridgehead atoms. The Morgan fingerprint density at radius 3 is 1.29 bits per heavy atom. The topological polar surface area (TPSA) is 0 Å². The molecule has 0 saturated heterocycles. The molecule has 0 aromatic heterocycles. The Morgan fingerprint density at radius 1 is 1.29 bits per heavy atom. The lowest BCUT2D eigenvalue weighted by atomic mass is 11.9. The third-order valence-electron chi connectivity index (χ3n) is 0. The number of hydrogen-bond acceptors (Lipinski definition) is 0. The van der Waals surface area contributed by atoms with E-state index < -0.39 is 8.11 Å². The van der Waals surface area contributed by atoms with Gasteiger partial charge in [-0.05, 0) is 0 Å². The smallest absolute Gasteiger partial charge is 0.134 e. The van der Waals surface area contributed by atoms with Gasteiger partial charge in [-0.15, -0.1) is 0 Å². The zero-order chi connectivity index (χ0) is 6.28. The van der Waals surface area contributed by atoms with Crippen LogP contribution in [0.5, 0.6) is 0 Å². The lowest BCUT2D eigenvalue weighted by Gasteiger charge is -1.72. The lowest BCUT2D eigenvalue weighted by Crippen LogP contribution is -1.78. The van der Waals surface area contributed by atoms with Crippen LogP contribution in [0.15, 0.2) is 0 Å². The van der Waals surface area contributed by atoms with E-state index in [4.69, 9.17) is 11.1 Å². The average Bonchev–Trinajstić information content (AvgIpc) is 1.33. The second-order valence-electron chi connectivity index (χ2n) is 1.72. The standard InChI is InChI=1S/C2H7ClSi.C2H8Si/c1-4(2)3;1-3-2/h4H,1-2H3;3H2,1-2H3. The summed E-state index contributed by atoms with van der Waals surface area (Å²) in [5.74, 6) is 0. The largest absolute Gasteiger partial charge is 0.172 e. The number of halogens is 1. The molecule has 0 saturated carbocycles. The van der Waals surface area contributed by atoms with Crippen molar-refractivity contribution in [3.63, 3.8) is 0 Å². The summed E-state index contributed by atoms with van der Waals surface area (Å²) in [7, 11) is -0.250. The minimum Gasteiger partial charge on any atom is -0.172 e. The van der Waals surface area contributed by atoms with Crippen molar-refractivity contribution in [2.75, 3.05) is 0 Å². The summed E-state index contributed by atoms with van der Waals surface area (Å²) in [6, 6.07) is 0. The highest BCUT2D eigenvalue weighted by Crippen LogP contribution is 1.79. The van der Waals surface area contributed by atoms with Crippen LogP contribution in [0.2, 0.25) is 26.2 Å². The first kappa shape index (κ1) is 10.7. The van der Waals surface area contributed by atoms with Gasteiger partial charge in [-0.3, -0.25) is 0 Å². The Bertz CT molecular complexity index is 20.9. The van der Waals surface area contributed by atoms with Crippen LogP contribution < -0.4 is 0 Å². The van der Waals surface area contributed by atoms with Gasteiger partial charge in [0.05, 0.1) is 0 Å². The van der Waals surface area contributed by atoms with Crippen molar-refractivity contribution < 1.29 is 0 Å². The molecule has 0 rings (SSSR count). The number of hydrogen-bond donors (Lipinski definition) is 0. The summed E-state index contributed by atoms with van der Waals surface area (Å²) < 4.78 is 0. The molecule has 0 aliphatic heterocycles. The van der Waals surface area contributed by atoms with E-state index >= 15 is 0 Å². The fourth-order valence-corrected chi connectivity index (χ4v) is 0. The van der Waals surface area contributed by atoms with Crippen molar-refractivity contribution in [1.82, 2.24) is 0 Å². The van der Waals surface area contributed by atoms with E-state index in [2.05, 4.69) is 26.2 Å². The van der Waals surface area contributed by atoms with Gasteiger partial charge in [-0.2, -0.15) is 11.1 Å². The van der Waals surface area contributed by atoms with Crippen LogP contribution in [0.25, 0.3) is 0 Å². The van der Waals surface area contributed by atoms with Gasteiger partial charge in [0.15, 0.2) is 0 Å². The first-order chi connectivity index (χ1) is 3.15. The molecule has 0 aromatic rings. The molecule has 0 aliphatic rings. The fourth-order valence-electron chi connectivity index (χ4n) is 0. The SMILES string of the molecule is C[SiH2]C.C[SiH](C)Cl. The summed E-state index contributed by atoms with van der Waals surface area (Å²) in [6.45, 7) is 8.67. The van der Waals surface area contributed by atoms with Crippen molar-refractivity contribution in [1.29, 1.82) is 0 Å². The summed E-state index contributed by atoms with van der Waals surface area (Å²) in [4.78, 5) is 0. The van der Waals surface area contributed by atoms with E-state index in [9.17, 15) is 0 Å². The maximum atomic E-state index is 5.41. The van der Waals surface area contributed by atoms with E-state index in [1.54, 1.807) is 0 Å². The van der Waals surface area contributed by atoms with Crippen molar-refractivity contribution in [3.8, 4) is 0 Å². The molecular formula is C4H15ClSi2. The van der Waals surface area contributed by atoms with Gasteiger partial charge in [-0.1, -0.05) is 26.2 Å². The third-order valence-corrected chi connectivity index (χ3v) is 0. The molecule has 46 valence electrons. The van der Waals surface area contributed by atoms with Gasteiger partial charge in [0.2, 0.25) is 0 Å². The molecule has 0 aromatic carbocycles. The van der Waals surface area contributed by atoms with Gasteiger partial charge in [0, 0.05) is 9.52 Å². The average molecular weight is 155 g/mol. The Balaban J connectivity index is 0. The second kappa shape index (κ2) is 9.87. The van der Waals surface area contributed by atoms with E-state index in [0.717, 1.165) is 0 Å². The summed E-state index contributed by atoms with van der Waals surface area (Å²) in [5.41, 5.74) is 0. The summed E-state index contributed by atoms with van der Waals surface area (Å²) in [5, 5.41) is 0. The van der Waals surface area contributed by atoms with Gasteiger partial charge in [-0.25, -0.2) is 0 Å². The lowest BCUT2D eigenvalue weighted by molar-refractivity contribution is 2.10. The first-order valence-corrected chi connectivity index (χ1v) is 9.67. The van der Waals surface area contributed by atoms with E-state index in [-0.39, 0.29) is 0 Å². The first-order valence-electron chi connectivity index (χ1n) is 2.79. The molecule has 0 spiro atoms. The minimum atomic E-state index is -0.667. The number of rotatable bonds is 0. The maximum absolute atomic E-state index is 5.41. The van der Waals surface area contributed by atoms with Crippen LogP contribution in [0.1, 0.15) is 0 Å². The quantitative estimate of drug-likeness (QED) is 0.366. The Morgan fingerprint density at radius 2 is 1.29 bits per heavy atom. The molecule has 0 heterocycles. The highest BCUT2D eigenvalue weighted by atomic mass is 35.6. The van der Waals surface area contributed by atoms with Gasteiger partial charge in [0.1, 0.15) is 8.11 Å². The fraction of sp³-hybridized carbons (Fsp3) is 1.00. The van der Waals surface area contributed by atoms with Crippen LogP contribution in [-0.2, 0) is 0 Å². The Labute approximate surface area is 55.4 Å². The van der Waals surface area contributed by atoms with Gasteiger partial charge in [0.25, 0.3) is 0 Å². The molecule has 0 fully saturated rings. The normalized spacial score (nSPS) is 7.71. The van der Waals surface area contributed by atoms with Crippen LogP contribution in [0.4, 0.5) is 0 Å². The van der Waals surface area contributed by atoms with Crippen LogP contribution in [0, 0.1) is 0 Å². The molecule has 7 heavy (non-hydrogen) atoms. The van der Waals surface area contributed by atoms with Crippen molar-refractivity contribution in [2.24, 2.45) is 0 Å². The van der Waals surface area contributed by atoms with Crippen molar-refractivity contribution in [3.05, 3.63) is 0 Å². The summed E-state index contributed by atoms with van der Waals surface area (Å²) in [6.07, 6.45) is 0. The van der Waals surface area contributed by atoms with Crippen LogP contribution >= 0.6 is 11.1 Å². The highest BCUT2D eigenvalue weighted by molar-refractivity contribution is 7.05. The van der Waals surface area contributed by atoms with Crippen molar-refractivity contribution in [2.45, 2.75) is 26.2 Å². The molecule has 0 aliphatic carbocycles. The van der Waals surface area contributed by atoms with Gasteiger partial charge >= 0.3 is 0 Å². The molecular weight excluding hydrogens is 140 g/mol.